The number of fused-ring (bicyclic) bond motifs is 1. The third-order valence-electron chi connectivity index (χ3n) is 6.65. The first kappa shape index (κ1) is 18.4. The monoisotopic (exact) mass is 403 g/mol. The van der Waals surface area contributed by atoms with Gasteiger partial charge in [-0.1, -0.05) is 5.16 Å². The van der Waals surface area contributed by atoms with E-state index in [1.54, 1.807) is 11.3 Å². The van der Waals surface area contributed by atoms with Gasteiger partial charge in [0, 0.05) is 50.1 Å². The molecule has 1 aromatic heterocycles. The minimum Gasteiger partial charge on any atom is -0.389 e. The summed E-state index contributed by atoms with van der Waals surface area (Å²) in [6, 6.07) is 0.435. The highest BCUT2D eigenvalue weighted by Gasteiger charge is 2.45. The van der Waals surface area contributed by atoms with Crippen LogP contribution in [-0.4, -0.2) is 64.9 Å². The van der Waals surface area contributed by atoms with Crippen LogP contribution in [0.1, 0.15) is 42.8 Å². The second kappa shape index (κ2) is 7.63. The highest BCUT2D eigenvalue weighted by Crippen LogP contribution is 2.31. The Kier molecular flexibility index (Phi) is 5.00. The van der Waals surface area contributed by atoms with Crippen molar-refractivity contribution in [3.63, 3.8) is 0 Å². The highest BCUT2D eigenvalue weighted by molar-refractivity contribution is 7.09. The second-order valence-electron chi connectivity index (χ2n) is 8.65. The fourth-order valence-electron chi connectivity index (χ4n) is 4.77. The lowest BCUT2D eigenvalue weighted by molar-refractivity contribution is -0.127. The molecule has 0 radical (unpaired) electrons. The van der Waals surface area contributed by atoms with Gasteiger partial charge in [0.05, 0.1) is 16.6 Å². The van der Waals surface area contributed by atoms with Crippen molar-refractivity contribution in [3.8, 4) is 0 Å². The number of amidine groups is 1. The summed E-state index contributed by atoms with van der Waals surface area (Å²) in [5.74, 6) is 1.86. The van der Waals surface area contributed by atoms with Crippen molar-refractivity contribution in [2.45, 2.75) is 57.7 Å². The van der Waals surface area contributed by atoms with Gasteiger partial charge in [-0.05, 0) is 39.0 Å². The molecule has 3 fully saturated rings. The van der Waals surface area contributed by atoms with E-state index in [1.807, 2.05) is 0 Å². The lowest BCUT2D eigenvalue weighted by Gasteiger charge is -2.35. The fourth-order valence-corrected chi connectivity index (χ4v) is 5.37. The number of nitrogens with zero attached hydrogens (tertiary/aromatic N) is 4. The van der Waals surface area contributed by atoms with Crippen molar-refractivity contribution < 1.29 is 9.63 Å². The van der Waals surface area contributed by atoms with Crippen molar-refractivity contribution in [1.82, 2.24) is 20.1 Å². The van der Waals surface area contributed by atoms with Crippen molar-refractivity contribution in [2.24, 2.45) is 17.0 Å². The molecule has 1 aliphatic carbocycles. The van der Waals surface area contributed by atoms with Crippen LogP contribution in [0, 0.1) is 18.8 Å². The average Bonchev–Trinajstić information content (AvgIpc) is 3.34. The van der Waals surface area contributed by atoms with Crippen LogP contribution in [0.3, 0.4) is 0 Å². The van der Waals surface area contributed by atoms with E-state index in [-0.39, 0.29) is 17.9 Å². The molecule has 28 heavy (non-hydrogen) atoms. The van der Waals surface area contributed by atoms with E-state index in [0.717, 1.165) is 74.9 Å². The summed E-state index contributed by atoms with van der Waals surface area (Å²) in [5.41, 5.74) is 1.15. The van der Waals surface area contributed by atoms with E-state index in [9.17, 15) is 4.79 Å². The fraction of sp³-hybridized carbons (Fsp3) is 0.750. The topological polar surface area (TPSA) is 70.1 Å². The Morgan fingerprint density at radius 3 is 2.79 bits per heavy atom. The minimum absolute atomic E-state index is 0.156. The zero-order chi connectivity index (χ0) is 19.1. The standard InChI is InChI=1S/C20H29N5O2S/c1-13-21-16(12-28-13)9-24-10-17-18(11-24)27-23-19(17)25-7-5-14(6-8-25)20(26)22-15-3-2-4-15/h12,14-15,17-18H,2-11H2,1H3,(H,22,26)/t17-,18-/m0/s1. The van der Waals surface area contributed by atoms with Crippen LogP contribution in [0.25, 0.3) is 0 Å². The minimum atomic E-state index is 0.156. The Hall–Kier alpha value is -1.67. The van der Waals surface area contributed by atoms with Crippen LogP contribution in [0.4, 0.5) is 0 Å². The van der Waals surface area contributed by atoms with Crippen molar-refractivity contribution in [2.75, 3.05) is 26.2 Å². The van der Waals surface area contributed by atoms with E-state index in [4.69, 9.17) is 4.84 Å². The Morgan fingerprint density at radius 1 is 1.29 bits per heavy atom. The molecule has 1 amide bonds. The quantitative estimate of drug-likeness (QED) is 0.832. The number of aromatic nitrogens is 1. The summed E-state index contributed by atoms with van der Waals surface area (Å²) in [5, 5.41) is 10.9. The first-order valence-corrected chi connectivity index (χ1v) is 11.5. The number of rotatable bonds is 4. The molecule has 0 aromatic carbocycles. The molecule has 3 aliphatic heterocycles. The van der Waals surface area contributed by atoms with Crippen molar-refractivity contribution >= 4 is 23.1 Å². The Morgan fingerprint density at radius 2 is 2.11 bits per heavy atom. The second-order valence-corrected chi connectivity index (χ2v) is 9.71. The molecule has 1 saturated carbocycles. The normalized spacial score (nSPS) is 28.6. The van der Waals surface area contributed by atoms with E-state index >= 15 is 0 Å². The van der Waals surface area contributed by atoms with Gasteiger partial charge in [0.15, 0.2) is 11.9 Å². The molecular weight excluding hydrogens is 374 g/mol. The summed E-state index contributed by atoms with van der Waals surface area (Å²) in [6.45, 7) is 6.63. The number of oxime groups is 1. The van der Waals surface area contributed by atoms with Gasteiger partial charge in [0.2, 0.25) is 5.91 Å². The molecule has 0 spiro atoms. The number of carbonyl (C=O) groups is 1. The number of likely N-dealkylation sites (tertiary alicyclic amines) is 2. The van der Waals surface area contributed by atoms with E-state index in [1.165, 1.54) is 6.42 Å². The Bertz CT molecular complexity index is 754. The summed E-state index contributed by atoms with van der Waals surface area (Å²) in [4.78, 5) is 27.6. The number of carbonyl (C=O) groups excluding carboxylic acids is 1. The zero-order valence-corrected chi connectivity index (χ0v) is 17.3. The lowest BCUT2D eigenvalue weighted by atomic mass is 9.90. The Labute approximate surface area is 170 Å². The molecule has 0 bridgehead atoms. The number of amides is 1. The van der Waals surface area contributed by atoms with Crippen molar-refractivity contribution in [3.05, 3.63) is 16.1 Å². The van der Waals surface area contributed by atoms with Gasteiger partial charge in [0.1, 0.15) is 0 Å². The SMILES string of the molecule is Cc1nc(CN2C[C@@H]3ON=C(N4CCC(C(=O)NC5CCC5)CC4)[C@H]3C2)cs1. The molecule has 1 N–H and O–H groups in total. The third kappa shape index (κ3) is 3.64. The highest BCUT2D eigenvalue weighted by atomic mass is 32.1. The van der Waals surface area contributed by atoms with Gasteiger partial charge in [-0.25, -0.2) is 4.98 Å². The van der Waals surface area contributed by atoms with Gasteiger partial charge < -0.3 is 15.1 Å². The van der Waals surface area contributed by atoms with Crippen LogP contribution in [-0.2, 0) is 16.2 Å². The summed E-state index contributed by atoms with van der Waals surface area (Å²) >= 11 is 1.71. The van der Waals surface area contributed by atoms with Crippen LogP contribution in [0.2, 0.25) is 0 Å². The van der Waals surface area contributed by atoms with E-state index < -0.39 is 0 Å². The van der Waals surface area contributed by atoms with Gasteiger partial charge in [0.25, 0.3) is 0 Å². The molecule has 7 nitrogen and oxygen atoms in total. The molecule has 8 heteroatoms. The van der Waals surface area contributed by atoms with Crippen LogP contribution in [0.15, 0.2) is 10.5 Å². The van der Waals surface area contributed by atoms with Crippen LogP contribution < -0.4 is 5.32 Å². The predicted octanol–water partition coefficient (Wildman–Crippen LogP) is 1.98. The van der Waals surface area contributed by atoms with Gasteiger partial charge in [-0.3, -0.25) is 9.69 Å². The first-order valence-electron chi connectivity index (χ1n) is 10.6. The number of aryl methyl sites for hydroxylation is 1. The summed E-state index contributed by atoms with van der Waals surface area (Å²) in [6.07, 6.45) is 5.55. The lowest BCUT2D eigenvalue weighted by Crippen LogP contribution is -2.48. The molecule has 4 aliphatic rings. The third-order valence-corrected chi connectivity index (χ3v) is 7.47. The summed E-state index contributed by atoms with van der Waals surface area (Å²) < 4.78 is 0. The molecular formula is C20H29N5O2S. The van der Waals surface area contributed by atoms with E-state index in [2.05, 4.69) is 37.6 Å². The maximum Gasteiger partial charge on any atom is 0.223 e. The maximum atomic E-state index is 12.4. The molecule has 1 aromatic rings. The Balaban J connectivity index is 1.13. The molecule has 152 valence electrons. The van der Waals surface area contributed by atoms with Crippen LogP contribution >= 0.6 is 11.3 Å². The number of thiazole rings is 1. The van der Waals surface area contributed by atoms with Gasteiger partial charge in [-0.2, -0.15) is 0 Å². The van der Waals surface area contributed by atoms with Crippen LogP contribution in [0.5, 0.6) is 0 Å². The average molecular weight is 404 g/mol. The molecule has 2 atom stereocenters. The molecule has 5 rings (SSSR count). The largest absolute Gasteiger partial charge is 0.389 e. The smallest absolute Gasteiger partial charge is 0.223 e. The number of piperidine rings is 1. The van der Waals surface area contributed by atoms with Gasteiger partial charge in [-0.15, -0.1) is 11.3 Å². The van der Waals surface area contributed by atoms with E-state index in [0.29, 0.717) is 12.0 Å². The van der Waals surface area contributed by atoms with Gasteiger partial charge >= 0.3 is 0 Å². The molecule has 0 unspecified atom stereocenters. The maximum absolute atomic E-state index is 12.4. The zero-order valence-electron chi connectivity index (χ0n) is 16.5. The predicted molar refractivity (Wildman–Crippen MR) is 108 cm³/mol. The van der Waals surface area contributed by atoms with Crippen molar-refractivity contribution in [1.29, 1.82) is 0 Å². The number of nitrogens with one attached hydrogen (secondary N) is 1. The molecule has 2 saturated heterocycles. The number of hydrogen-bond acceptors (Lipinski definition) is 7. The molecule has 4 heterocycles. The summed E-state index contributed by atoms with van der Waals surface area (Å²) in [7, 11) is 0. The number of hydrogen-bond donors (Lipinski definition) is 1. The first-order chi connectivity index (χ1) is 13.7.